The largest absolute Gasteiger partial charge is 0.198 e. The molecule has 0 aliphatic heterocycles. The maximum atomic E-state index is 8.75. The molecule has 0 fully saturated rings. The Labute approximate surface area is 96.7 Å². The van der Waals surface area contributed by atoms with E-state index < -0.39 is 0 Å². The maximum Gasteiger partial charge on any atom is 0.0653 e. The molecule has 0 radical (unpaired) electrons. The summed E-state index contributed by atoms with van der Waals surface area (Å²) in [6.07, 6.45) is 0.913. The first-order valence-electron chi connectivity index (χ1n) is 5.21. The van der Waals surface area contributed by atoms with E-state index >= 15 is 0 Å². The fourth-order valence-corrected chi connectivity index (χ4v) is 1.83. The third-order valence-electron chi connectivity index (χ3n) is 2.63. The van der Waals surface area contributed by atoms with Crippen molar-refractivity contribution in [2.45, 2.75) is 32.1 Å². The first-order chi connectivity index (χ1) is 7.17. The lowest BCUT2D eigenvalue weighted by molar-refractivity contribution is 0.577. The molecule has 0 spiro atoms. The second-order valence-electron chi connectivity index (χ2n) is 4.04. The molecule has 0 bridgehead atoms. The van der Waals surface area contributed by atoms with E-state index in [2.05, 4.69) is 37.3 Å². The van der Waals surface area contributed by atoms with E-state index in [1.54, 1.807) is 0 Å². The van der Waals surface area contributed by atoms with Crippen molar-refractivity contribution >= 4 is 11.6 Å². The van der Waals surface area contributed by atoms with E-state index in [9.17, 15) is 0 Å². The van der Waals surface area contributed by atoms with Gasteiger partial charge in [-0.1, -0.05) is 31.2 Å². The average molecular weight is 222 g/mol. The molecule has 0 amide bonds. The number of benzene rings is 1. The number of halogens is 1. The molecule has 0 N–H and O–H groups in total. The summed E-state index contributed by atoms with van der Waals surface area (Å²) >= 11 is 5.72. The van der Waals surface area contributed by atoms with Crippen LogP contribution in [-0.2, 0) is 5.88 Å². The highest BCUT2D eigenvalue weighted by molar-refractivity contribution is 6.17. The first kappa shape index (κ1) is 12.1. The van der Waals surface area contributed by atoms with Gasteiger partial charge in [0, 0.05) is 11.8 Å². The molecule has 2 heteroatoms. The lowest BCUT2D eigenvalue weighted by atomic mass is 9.91. The molecule has 0 aromatic heterocycles. The van der Waals surface area contributed by atoms with Crippen LogP contribution in [0.1, 0.15) is 37.3 Å². The number of hydrogen-bond acceptors (Lipinski definition) is 1. The molecule has 2 atom stereocenters. The molecule has 1 rings (SSSR count). The maximum absolute atomic E-state index is 8.75. The summed E-state index contributed by atoms with van der Waals surface area (Å²) < 4.78 is 0. The quantitative estimate of drug-likeness (QED) is 0.703. The second kappa shape index (κ2) is 5.78. The van der Waals surface area contributed by atoms with E-state index in [0.717, 1.165) is 12.0 Å². The summed E-state index contributed by atoms with van der Waals surface area (Å²) in [5.41, 5.74) is 2.42. The van der Waals surface area contributed by atoms with Crippen LogP contribution in [0.3, 0.4) is 0 Å². The molecule has 2 unspecified atom stereocenters. The minimum atomic E-state index is 0.118. The van der Waals surface area contributed by atoms with Crippen LogP contribution >= 0.6 is 11.6 Å². The van der Waals surface area contributed by atoms with E-state index in [-0.39, 0.29) is 5.92 Å². The fourth-order valence-electron chi connectivity index (χ4n) is 1.65. The Balaban J connectivity index is 2.66. The molecular formula is C13H16ClN. The van der Waals surface area contributed by atoms with Gasteiger partial charge in [0.2, 0.25) is 0 Å². The highest BCUT2D eigenvalue weighted by atomic mass is 35.5. The Morgan fingerprint density at radius 3 is 2.33 bits per heavy atom. The van der Waals surface area contributed by atoms with Gasteiger partial charge in [0.05, 0.1) is 6.07 Å². The van der Waals surface area contributed by atoms with Crippen molar-refractivity contribution in [3.63, 3.8) is 0 Å². The Hall–Kier alpha value is -1.00. The normalized spacial score (nSPS) is 14.3. The monoisotopic (exact) mass is 221 g/mol. The third kappa shape index (κ3) is 3.57. The van der Waals surface area contributed by atoms with Gasteiger partial charge in [-0.2, -0.15) is 5.26 Å². The van der Waals surface area contributed by atoms with Crippen molar-refractivity contribution in [1.82, 2.24) is 0 Å². The predicted molar refractivity (Wildman–Crippen MR) is 63.8 cm³/mol. The number of hydrogen-bond donors (Lipinski definition) is 0. The molecule has 0 heterocycles. The highest BCUT2D eigenvalue weighted by Gasteiger charge is 2.09. The van der Waals surface area contributed by atoms with Crippen molar-refractivity contribution in [3.8, 4) is 6.07 Å². The standard InChI is InChI=1S/C13H16ClN/c1-10(9-15)7-11(2)13-5-3-12(8-14)4-6-13/h3-6,10-11H,7-8H2,1-2H3. The molecule has 15 heavy (non-hydrogen) atoms. The summed E-state index contributed by atoms with van der Waals surface area (Å²) in [4.78, 5) is 0. The van der Waals surface area contributed by atoms with Crippen molar-refractivity contribution in [2.24, 2.45) is 5.92 Å². The van der Waals surface area contributed by atoms with Crippen LogP contribution < -0.4 is 0 Å². The van der Waals surface area contributed by atoms with Gasteiger partial charge in [0.15, 0.2) is 0 Å². The van der Waals surface area contributed by atoms with Gasteiger partial charge in [-0.05, 0) is 30.4 Å². The number of rotatable bonds is 4. The average Bonchev–Trinajstić information content (AvgIpc) is 2.29. The zero-order chi connectivity index (χ0) is 11.3. The van der Waals surface area contributed by atoms with Crippen LogP contribution in [0.25, 0.3) is 0 Å². The molecule has 0 aliphatic carbocycles. The number of nitriles is 1. The van der Waals surface area contributed by atoms with Gasteiger partial charge < -0.3 is 0 Å². The summed E-state index contributed by atoms with van der Waals surface area (Å²) in [6, 6.07) is 10.6. The van der Waals surface area contributed by atoms with Crippen LogP contribution in [0.5, 0.6) is 0 Å². The molecule has 1 nitrogen and oxygen atoms in total. The summed E-state index contributed by atoms with van der Waals surface area (Å²) in [6.45, 7) is 4.12. The van der Waals surface area contributed by atoms with Crippen molar-refractivity contribution in [1.29, 1.82) is 5.26 Å². The highest BCUT2D eigenvalue weighted by Crippen LogP contribution is 2.23. The summed E-state index contributed by atoms with van der Waals surface area (Å²) in [7, 11) is 0. The minimum Gasteiger partial charge on any atom is -0.198 e. The van der Waals surface area contributed by atoms with Gasteiger partial charge >= 0.3 is 0 Å². The topological polar surface area (TPSA) is 23.8 Å². The van der Waals surface area contributed by atoms with Crippen LogP contribution in [0.2, 0.25) is 0 Å². The van der Waals surface area contributed by atoms with Gasteiger partial charge in [-0.25, -0.2) is 0 Å². The van der Waals surface area contributed by atoms with E-state index in [1.807, 2.05) is 6.92 Å². The van der Waals surface area contributed by atoms with Gasteiger partial charge in [-0.15, -0.1) is 11.6 Å². The smallest absolute Gasteiger partial charge is 0.0653 e. The molecule has 1 aromatic rings. The first-order valence-corrected chi connectivity index (χ1v) is 5.75. The van der Waals surface area contributed by atoms with Gasteiger partial charge in [-0.3, -0.25) is 0 Å². The molecule has 1 aromatic carbocycles. The second-order valence-corrected chi connectivity index (χ2v) is 4.31. The zero-order valence-corrected chi connectivity index (χ0v) is 9.96. The van der Waals surface area contributed by atoms with Crippen molar-refractivity contribution < 1.29 is 0 Å². The zero-order valence-electron chi connectivity index (χ0n) is 9.20. The fraction of sp³-hybridized carbons (Fsp3) is 0.462. The summed E-state index contributed by atoms with van der Waals surface area (Å²) in [5.74, 6) is 1.11. The third-order valence-corrected chi connectivity index (χ3v) is 2.94. The van der Waals surface area contributed by atoms with Gasteiger partial charge in [0.25, 0.3) is 0 Å². The van der Waals surface area contributed by atoms with E-state index in [1.165, 1.54) is 5.56 Å². The van der Waals surface area contributed by atoms with Crippen LogP contribution in [0.15, 0.2) is 24.3 Å². The molecule has 80 valence electrons. The Morgan fingerprint density at radius 2 is 1.87 bits per heavy atom. The lowest BCUT2D eigenvalue weighted by Gasteiger charge is -2.13. The van der Waals surface area contributed by atoms with Crippen LogP contribution in [0.4, 0.5) is 0 Å². The van der Waals surface area contributed by atoms with E-state index in [4.69, 9.17) is 16.9 Å². The SMILES string of the molecule is CC(C#N)CC(C)c1ccc(CCl)cc1. The number of nitrogens with zero attached hydrogens (tertiary/aromatic N) is 1. The molecule has 0 aliphatic rings. The van der Waals surface area contributed by atoms with E-state index in [0.29, 0.717) is 11.8 Å². The minimum absolute atomic E-state index is 0.118. The Bertz CT molecular complexity index is 337. The Kier molecular flexibility index (Phi) is 4.65. The molecule has 0 saturated carbocycles. The molecular weight excluding hydrogens is 206 g/mol. The van der Waals surface area contributed by atoms with Crippen LogP contribution in [-0.4, -0.2) is 0 Å². The van der Waals surface area contributed by atoms with Crippen molar-refractivity contribution in [3.05, 3.63) is 35.4 Å². The lowest BCUT2D eigenvalue weighted by Crippen LogP contribution is -2.00. The summed E-state index contributed by atoms with van der Waals surface area (Å²) in [5, 5.41) is 8.75. The van der Waals surface area contributed by atoms with Crippen molar-refractivity contribution in [2.75, 3.05) is 0 Å². The molecule has 0 saturated heterocycles. The van der Waals surface area contributed by atoms with Crippen LogP contribution in [0, 0.1) is 17.2 Å². The number of alkyl halides is 1. The predicted octanol–water partition coefficient (Wildman–Crippen LogP) is 4.08. The Morgan fingerprint density at radius 1 is 1.27 bits per heavy atom. The van der Waals surface area contributed by atoms with Gasteiger partial charge in [0.1, 0.15) is 0 Å².